The fraction of sp³-hybridized carbons (Fsp3) is 0.583. The van der Waals surface area contributed by atoms with Crippen molar-refractivity contribution in [2.24, 2.45) is 7.05 Å². The van der Waals surface area contributed by atoms with Crippen molar-refractivity contribution in [3.05, 3.63) is 17.5 Å². The van der Waals surface area contributed by atoms with E-state index in [2.05, 4.69) is 5.10 Å². The third-order valence-electron chi connectivity index (χ3n) is 3.14. The number of carboxylic acids is 1. The van der Waals surface area contributed by atoms with Gasteiger partial charge in [0.1, 0.15) is 6.04 Å². The van der Waals surface area contributed by atoms with Gasteiger partial charge < -0.3 is 10.0 Å². The number of carboxylic acid groups (broad SMARTS) is 1. The van der Waals surface area contributed by atoms with Crippen LogP contribution in [0.4, 0.5) is 0 Å². The molecule has 1 amide bonds. The number of aryl methyl sites for hydroxylation is 2. The molecule has 1 aromatic rings. The van der Waals surface area contributed by atoms with Crippen LogP contribution in [0.1, 0.15) is 23.0 Å². The van der Waals surface area contributed by atoms with E-state index in [0.717, 1.165) is 11.4 Å². The minimum atomic E-state index is -0.942. The first-order chi connectivity index (χ1) is 9.04. The molecular formula is C12H17N3O3S. The predicted molar refractivity (Wildman–Crippen MR) is 72.4 cm³/mol. The fourth-order valence-corrected chi connectivity index (χ4v) is 3.22. The lowest BCUT2D eigenvalue weighted by Gasteiger charge is -2.32. The Morgan fingerprint density at radius 2 is 2.32 bits per heavy atom. The first kappa shape index (κ1) is 13.9. The van der Waals surface area contributed by atoms with Gasteiger partial charge in [0, 0.05) is 31.3 Å². The zero-order chi connectivity index (χ0) is 14.0. The van der Waals surface area contributed by atoms with Crippen molar-refractivity contribution in [3.63, 3.8) is 0 Å². The van der Waals surface area contributed by atoms with Gasteiger partial charge >= 0.3 is 5.97 Å². The molecule has 0 aromatic carbocycles. The van der Waals surface area contributed by atoms with Gasteiger partial charge in [-0.3, -0.25) is 9.48 Å². The average Bonchev–Trinajstić information content (AvgIpc) is 2.79. The van der Waals surface area contributed by atoms with Crippen LogP contribution < -0.4 is 0 Å². The summed E-state index contributed by atoms with van der Waals surface area (Å²) in [6, 6.07) is -0.740. The van der Waals surface area contributed by atoms with Gasteiger partial charge in [-0.1, -0.05) is 6.92 Å². The lowest BCUT2D eigenvalue weighted by atomic mass is 10.1. The molecule has 19 heavy (non-hydrogen) atoms. The number of carbonyl (C=O) groups excluding carboxylic acids is 1. The number of aromatic nitrogens is 2. The molecule has 1 fully saturated rings. The van der Waals surface area contributed by atoms with Crippen LogP contribution in [0.25, 0.3) is 0 Å². The molecule has 104 valence electrons. The molecule has 0 saturated carbocycles. The van der Waals surface area contributed by atoms with E-state index in [1.165, 1.54) is 4.90 Å². The molecule has 1 aromatic heterocycles. The van der Waals surface area contributed by atoms with Crippen molar-refractivity contribution in [1.82, 2.24) is 14.7 Å². The molecule has 1 atom stereocenters. The molecule has 1 aliphatic heterocycles. The molecule has 1 unspecified atom stereocenters. The Hall–Kier alpha value is -1.50. The van der Waals surface area contributed by atoms with Crippen LogP contribution in [0, 0.1) is 0 Å². The minimum Gasteiger partial charge on any atom is -0.480 e. The summed E-state index contributed by atoms with van der Waals surface area (Å²) in [6.07, 6.45) is 2.32. The summed E-state index contributed by atoms with van der Waals surface area (Å²) in [7, 11) is 1.76. The summed E-state index contributed by atoms with van der Waals surface area (Å²) in [4.78, 5) is 25.2. The third-order valence-corrected chi connectivity index (χ3v) is 4.17. The molecule has 0 aliphatic carbocycles. The number of hydrogen-bond acceptors (Lipinski definition) is 4. The Morgan fingerprint density at radius 3 is 2.95 bits per heavy atom. The van der Waals surface area contributed by atoms with Crippen molar-refractivity contribution in [2.75, 3.05) is 18.1 Å². The highest BCUT2D eigenvalue weighted by molar-refractivity contribution is 7.99. The highest BCUT2D eigenvalue weighted by atomic mass is 32.2. The first-order valence-corrected chi connectivity index (χ1v) is 7.34. The van der Waals surface area contributed by atoms with Crippen molar-refractivity contribution < 1.29 is 14.7 Å². The Bertz CT molecular complexity index is 500. The minimum absolute atomic E-state index is 0.224. The number of carbonyl (C=O) groups is 2. The van der Waals surface area contributed by atoms with Crippen LogP contribution in [0.5, 0.6) is 0 Å². The van der Waals surface area contributed by atoms with Gasteiger partial charge in [0.15, 0.2) is 0 Å². The van der Waals surface area contributed by atoms with E-state index in [9.17, 15) is 14.7 Å². The van der Waals surface area contributed by atoms with Crippen LogP contribution in [-0.2, 0) is 18.3 Å². The van der Waals surface area contributed by atoms with Crippen LogP contribution in [0.15, 0.2) is 6.20 Å². The number of thioether (sulfide) groups is 1. The largest absolute Gasteiger partial charge is 0.480 e. The Kier molecular flexibility index (Phi) is 4.14. The first-order valence-electron chi connectivity index (χ1n) is 6.18. The van der Waals surface area contributed by atoms with Gasteiger partial charge in [-0.05, 0) is 6.42 Å². The van der Waals surface area contributed by atoms with Crippen molar-refractivity contribution in [3.8, 4) is 0 Å². The number of hydrogen-bond donors (Lipinski definition) is 1. The zero-order valence-corrected chi connectivity index (χ0v) is 11.8. The second kappa shape index (κ2) is 5.64. The van der Waals surface area contributed by atoms with Crippen LogP contribution in [-0.4, -0.2) is 55.8 Å². The fourth-order valence-electron chi connectivity index (χ4n) is 2.18. The summed E-state index contributed by atoms with van der Waals surface area (Å²) >= 11 is 1.57. The second-order valence-electron chi connectivity index (χ2n) is 4.44. The van der Waals surface area contributed by atoms with E-state index in [1.807, 2.05) is 6.92 Å². The Balaban J connectivity index is 2.28. The van der Waals surface area contributed by atoms with Crippen LogP contribution in [0.3, 0.4) is 0 Å². The second-order valence-corrected chi connectivity index (χ2v) is 5.59. The van der Waals surface area contributed by atoms with Crippen molar-refractivity contribution in [2.45, 2.75) is 19.4 Å². The van der Waals surface area contributed by atoms with E-state index >= 15 is 0 Å². The summed E-state index contributed by atoms with van der Waals surface area (Å²) in [5, 5.41) is 13.4. The molecule has 0 bridgehead atoms. The highest BCUT2D eigenvalue weighted by Crippen LogP contribution is 2.20. The standard InChI is InChI=1S/C12H17N3O3S/c1-3-9-8(6-14(2)13-9)11(16)15-4-5-19-7-10(15)12(17)18/h6,10H,3-5,7H2,1-2H3,(H,17,18). The maximum absolute atomic E-state index is 12.5. The lowest BCUT2D eigenvalue weighted by molar-refractivity contribution is -0.141. The molecule has 0 radical (unpaired) electrons. The quantitative estimate of drug-likeness (QED) is 0.880. The normalized spacial score (nSPS) is 19.5. The van der Waals surface area contributed by atoms with Gasteiger partial charge in [-0.25, -0.2) is 4.79 Å². The SMILES string of the molecule is CCc1nn(C)cc1C(=O)N1CCSCC1C(=O)O. The lowest BCUT2D eigenvalue weighted by Crippen LogP contribution is -2.50. The van der Waals surface area contributed by atoms with Gasteiger partial charge in [0.25, 0.3) is 5.91 Å². The molecule has 0 spiro atoms. The molecule has 2 heterocycles. The van der Waals surface area contributed by atoms with Crippen LogP contribution >= 0.6 is 11.8 Å². The van der Waals surface area contributed by atoms with E-state index < -0.39 is 12.0 Å². The smallest absolute Gasteiger partial charge is 0.327 e. The zero-order valence-electron chi connectivity index (χ0n) is 11.0. The number of aliphatic carboxylic acids is 1. The van der Waals surface area contributed by atoms with Crippen molar-refractivity contribution in [1.29, 1.82) is 0 Å². The van der Waals surface area contributed by atoms with Gasteiger partial charge in [-0.2, -0.15) is 16.9 Å². The summed E-state index contributed by atoms with van der Waals surface area (Å²) in [5.74, 6) is 0.0557. The molecule has 6 nitrogen and oxygen atoms in total. The number of nitrogens with zero attached hydrogens (tertiary/aromatic N) is 3. The van der Waals surface area contributed by atoms with E-state index in [1.54, 1.807) is 29.7 Å². The summed E-state index contributed by atoms with van der Waals surface area (Å²) < 4.78 is 1.60. The molecule has 1 aliphatic rings. The number of rotatable bonds is 3. The molecule has 7 heteroatoms. The monoisotopic (exact) mass is 283 g/mol. The molecule has 2 rings (SSSR count). The molecule has 1 N–H and O–H groups in total. The maximum atomic E-state index is 12.5. The highest BCUT2D eigenvalue weighted by Gasteiger charge is 2.34. The summed E-state index contributed by atoms with van der Waals surface area (Å²) in [5.41, 5.74) is 1.23. The third kappa shape index (κ3) is 2.75. The Morgan fingerprint density at radius 1 is 1.58 bits per heavy atom. The molecule has 1 saturated heterocycles. The van der Waals surface area contributed by atoms with E-state index in [-0.39, 0.29) is 5.91 Å². The predicted octanol–water partition coefficient (Wildman–Crippen LogP) is 0.625. The topological polar surface area (TPSA) is 75.4 Å². The van der Waals surface area contributed by atoms with E-state index in [0.29, 0.717) is 24.3 Å². The van der Waals surface area contributed by atoms with Crippen LogP contribution in [0.2, 0.25) is 0 Å². The summed E-state index contributed by atoms with van der Waals surface area (Å²) in [6.45, 7) is 2.40. The Labute approximate surface area is 115 Å². The number of amides is 1. The van der Waals surface area contributed by atoms with Gasteiger partial charge in [-0.15, -0.1) is 0 Å². The molecular weight excluding hydrogens is 266 g/mol. The van der Waals surface area contributed by atoms with E-state index in [4.69, 9.17) is 0 Å². The maximum Gasteiger partial charge on any atom is 0.327 e. The van der Waals surface area contributed by atoms with Gasteiger partial charge in [0.05, 0.1) is 11.3 Å². The van der Waals surface area contributed by atoms with Gasteiger partial charge in [0.2, 0.25) is 0 Å². The average molecular weight is 283 g/mol. The van der Waals surface area contributed by atoms with Crippen molar-refractivity contribution >= 4 is 23.6 Å².